The molecule has 1 aliphatic rings. The lowest BCUT2D eigenvalue weighted by molar-refractivity contribution is 0.174. The Hall–Kier alpha value is -2.90. The summed E-state index contributed by atoms with van der Waals surface area (Å²) in [6.45, 7) is 7.87. The number of amides is 2. The summed E-state index contributed by atoms with van der Waals surface area (Å²) < 4.78 is 5.41. The van der Waals surface area contributed by atoms with E-state index in [4.69, 9.17) is 4.52 Å². The molecular formula is C20H26N6O2. The molecule has 1 aliphatic heterocycles. The van der Waals surface area contributed by atoms with Crippen molar-refractivity contribution in [1.29, 1.82) is 0 Å². The molecule has 0 spiro atoms. The van der Waals surface area contributed by atoms with Crippen LogP contribution in [0.1, 0.15) is 61.6 Å². The highest BCUT2D eigenvalue weighted by Gasteiger charge is 2.27. The van der Waals surface area contributed by atoms with Crippen molar-refractivity contribution in [2.24, 2.45) is 0 Å². The molecule has 3 heterocycles. The predicted octanol–water partition coefficient (Wildman–Crippen LogP) is 3.47. The minimum Gasteiger partial charge on any atom is -0.340 e. The number of urea groups is 1. The summed E-state index contributed by atoms with van der Waals surface area (Å²) in [6.07, 6.45) is 1.66. The number of H-pyrrole nitrogens is 1. The second-order valence-electron chi connectivity index (χ2n) is 7.77. The van der Waals surface area contributed by atoms with Crippen molar-refractivity contribution in [3.05, 3.63) is 41.3 Å². The van der Waals surface area contributed by atoms with Crippen LogP contribution in [-0.4, -0.2) is 44.1 Å². The molecule has 0 radical (unpaired) electrons. The molecule has 0 unspecified atom stereocenters. The number of imidazole rings is 1. The van der Waals surface area contributed by atoms with Crippen molar-refractivity contribution in [3.8, 4) is 0 Å². The molecule has 1 aromatic carbocycles. The SMILES string of the molecule is Cc1ccc2nc(CNC(=O)N3CCC(c4nc(C(C)C)no4)CC3)[nH]c2c1. The van der Waals surface area contributed by atoms with Gasteiger partial charge in [0, 0.05) is 24.9 Å². The van der Waals surface area contributed by atoms with Crippen LogP contribution in [0.15, 0.2) is 22.7 Å². The molecule has 8 heteroatoms. The Kier molecular flexibility index (Phi) is 5.02. The minimum absolute atomic E-state index is 0.0662. The zero-order chi connectivity index (χ0) is 19.7. The van der Waals surface area contributed by atoms with Gasteiger partial charge >= 0.3 is 6.03 Å². The smallest absolute Gasteiger partial charge is 0.317 e. The highest BCUT2D eigenvalue weighted by Crippen LogP contribution is 2.27. The molecule has 1 fully saturated rings. The van der Waals surface area contributed by atoms with Crippen LogP contribution in [0.2, 0.25) is 0 Å². The Balaban J connectivity index is 1.29. The highest BCUT2D eigenvalue weighted by atomic mass is 16.5. The predicted molar refractivity (Wildman–Crippen MR) is 105 cm³/mol. The summed E-state index contributed by atoms with van der Waals surface area (Å²) in [5, 5.41) is 7.00. The van der Waals surface area contributed by atoms with Crippen molar-refractivity contribution in [3.63, 3.8) is 0 Å². The molecule has 0 bridgehead atoms. The van der Waals surface area contributed by atoms with Crippen molar-refractivity contribution in [1.82, 2.24) is 30.3 Å². The van der Waals surface area contributed by atoms with Gasteiger partial charge in [-0.25, -0.2) is 9.78 Å². The van der Waals surface area contributed by atoms with Gasteiger partial charge in [-0.05, 0) is 37.5 Å². The molecule has 2 N–H and O–H groups in total. The third-order valence-corrected chi connectivity index (χ3v) is 5.20. The van der Waals surface area contributed by atoms with Gasteiger partial charge < -0.3 is 19.7 Å². The number of nitrogens with one attached hydrogen (secondary N) is 2. The molecule has 2 amide bonds. The summed E-state index contributed by atoms with van der Waals surface area (Å²) in [6, 6.07) is 6.01. The second-order valence-corrected chi connectivity index (χ2v) is 7.77. The summed E-state index contributed by atoms with van der Waals surface area (Å²) >= 11 is 0. The van der Waals surface area contributed by atoms with E-state index in [1.807, 2.05) is 37.8 Å². The molecule has 1 saturated heterocycles. The van der Waals surface area contributed by atoms with Crippen LogP contribution in [0.4, 0.5) is 4.79 Å². The van der Waals surface area contributed by atoms with E-state index in [0.29, 0.717) is 25.5 Å². The molecule has 28 heavy (non-hydrogen) atoms. The fourth-order valence-corrected chi connectivity index (χ4v) is 3.51. The zero-order valence-electron chi connectivity index (χ0n) is 16.5. The maximum atomic E-state index is 12.5. The van der Waals surface area contributed by atoms with Crippen molar-refractivity contribution in [2.75, 3.05) is 13.1 Å². The molecular weight excluding hydrogens is 356 g/mol. The maximum absolute atomic E-state index is 12.5. The van der Waals surface area contributed by atoms with E-state index in [-0.39, 0.29) is 17.9 Å². The van der Waals surface area contributed by atoms with Gasteiger partial charge in [0.05, 0.1) is 17.6 Å². The Bertz CT molecular complexity index is 968. The largest absolute Gasteiger partial charge is 0.340 e. The molecule has 148 valence electrons. The van der Waals surface area contributed by atoms with Crippen molar-refractivity contribution >= 4 is 17.1 Å². The highest BCUT2D eigenvalue weighted by molar-refractivity contribution is 5.76. The molecule has 2 aromatic heterocycles. The Morgan fingerprint density at radius 2 is 2.11 bits per heavy atom. The Morgan fingerprint density at radius 1 is 1.32 bits per heavy atom. The number of piperidine rings is 1. The fraction of sp³-hybridized carbons (Fsp3) is 0.500. The van der Waals surface area contributed by atoms with E-state index >= 15 is 0 Å². The second kappa shape index (κ2) is 7.61. The van der Waals surface area contributed by atoms with Crippen LogP contribution >= 0.6 is 0 Å². The number of aromatic amines is 1. The molecule has 0 aliphatic carbocycles. The molecule has 8 nitrogen and oxygen atoms in total. The number of fused-ring (bicyclic) bond motifs is 1. The average Bonchev–Trinajstić information content (AvgIpc) is 3.33. The van der Waals surface area contributed by atoms with Gasteiger partial charge in [-0.3, -0.25) is 0 Å². The first-order chi connectivity index (χ1) is 13.5. The van der Waals surface area contributed by atoms with Gasteiger partial charge in [-0.2, -0.15) is 4.98 Å². The van der Waals surface area contributed by atoms with E-state index in [2.05, 4.69) is 31.5 Å². The number of rotatable bonds is 4. The van der Waals surface area contributed by atoms with E-state index in [1.54, 1.807) is 0 Å². The van der Waals surface area contributed by atoms with Gasteiger partial charge in [-0.1, -0.05) is 25.1 Å². The standard InChI is InChI=1S/C20H26N6O2/c1-12(2)18-24-19(28-25-18)14-6-8-26(9-7-14)20(27)21-11-17-22-15-5-4-13(3)10-16(15)23-17/h4-5,10,12,14H,6-9,11H2,1-3H3,(H,21,27)(H,22,23). The van der Waals surface area contributed by atoms with E-state index in [1.165, 1.54) is 5.56 Å². The minimum atomic E-state index is -0.0662. The number of hydrogen-bond acceptors (Lipinski definition) is 5. The third kappa shape index (κ3) is 3.85. The topological polar surface area (TPSA) is 99.9 Å². The first-order valence-electron chi connectivity index (χ1n) is 9.81. The lowest BCUT2D eigenvalue weighted by atomic mass is 9.97. The number of aromatic nitrogens is 4. The van der Waals surface area contributed by atoms with Crippen LogP contribution in [0.3, 0.4) is 0 Å². The monoisotopic (exact) mass is 382 g/mol. The quantitative estimate of drug-likeness (QED) is 0.720. The van der Waals surface area contributed by atoms with Crippen LogP contribution in [-0.2, 0) is 6.54 Å². The molecule has 4 rings (SSSR count). The van der Waals surface area contributed by atoms with Crippen molar-refractivity contribution in [2.45, 2.75) is 52.0 Å². The summed E-state index contributed by atoms with van der Waals surface area (Å²) in [4.78, 5) is 26.6. The third-order valence-electron chi connectivity index (χ3n) is 5.20. The number of nitrogens with zero attached hydrogens (tertiary/aromatic N) is 4. The first-order valence-corrected chi connectivity index (χ1v) is 9.81. The van der Waals surface area contributed by atoms with Crippen LogP contribution in [0.25, 0.3) is 11.0 Å². The summed E-state index contributed by atoms with van der Waals surface area (Å²) in [5.74, 6) is 2.68. The fourth-order valence-electron chi connectivity index (χ4n) is 3.51. The first kappa shape index (κ1) is 18.5. The molecule has 3 aromatic rings. The van der Waals surface area contributed by atoms with E-state index < -0.39 is 0 Å². The molecule has 0 saturated carbocycles. The van der Waals surface area contributed by atoms with Crippen LogP contribution in [0, 0.1) is 6.92 Å². The van der Waals surface area contributed by atoms with Gasteiger partial charge in [0.25, 0.3) is 0 Å². The maximum Gasteiger partial charge on any atom is 0.317 e. The summed E-state index contributed by atoms with van der Waals surface area (Å²) in [5.41, 5.74) is 3.08. The van der Waals surface area contributed by atoms with E-state index in [9.17, 15) is 4.79 Å². The van der Waals surface area contributed by atoms with Crippen LogP contribution in [0.5, 0.6) is 0 Å². The molecule has 0 atom stereocenters. The number of likely N-dealkylation sites (tertiary alicyclic amines) is 1. The van der Waals surface area contributed by atoms with E-state index in [0.717, 1.165) is 35.5 Å². The summed E-state index contributed by atoms with van der Waals surface area (Å²) in [7, 11) is 0. The Morgan fingerprint density at radius 3 is 2.82 bits per heavy atom. The van der Waals surface area contributed by atoms with Gasteiger partial charge in [0.2, 0.25) is 5.89 Å². The number of hydrogen-bond donors (Lipinski definition) is 2. The zero-order valence-corrected chi connectivity index (χ0v) is 16.5. The normalized spacial score (nSPS) is 15.5. The van der Waals surface area contributed by atoms with Gasteiger partial charge in [0.15, 0.2) is 5.82 Å². The lowest BCUT2D eigenvalue weighted by Crippen LogP contribution is -2.44. The van der Waals surface area contributed by atoms with Crippen LogP contribution < -0.4 is 5.32 Å². The van der Waals surface area contributed by atoms with Crippen molar-refractivity contribution < 1.29 is 9.32 Å². The number of aryl methyl sites for hydroxylation is 1. The number of benzene rings is 1. The average molecular weight is 382 g/mol. The number of carbonyl (C=O) groups excluding carboxylic acids is 1. The van der Waals surface area contributed by atoms with Gasteiger partial charge in [0.1, 0.15) is 5.82 Å². The van der Waals surface area contributed by atoms with Gasteiger partial charge in [-0.15, -0.1) is 0 Å². The lowest BCUT2D eigenvalue weighted by Gasteiger charge is -2.30. The number of carbonyl (C=O) groups is 1. The Labute approximate surface area is 163 Å².